The summed E-state index contributed by atoms with van der Waals surface area (Å²) in [5.41, 5.74) is 0.617. The highest BCUT2D eigenvalue weighted by atomic mass is 79.9. The molecule has 2 fully saturated rings. The first-order valence-corrected chi connectivity index (χ1v) is 8.06. The van der Waals surface area contributed by atoms with Gasteiger partial charge in [-0.2, -0.15) is 0 Å². The molecule has 2 aliphatic heterocycles. The molecule has 0 bridgehead atoms. The Labute approximate surface area is 136 Å². The summed E-state index contributed by atoms with van der Waals surface area (Å²) < 4.78 is 0.905. The van der Waals surface area contributed by atoms with Gasteiger partial charge in [-0.3, -0.25) is 14.4 Å². The molecule has 2 heterocycles. The summed E-state index contributed by atoms with van der Waals surface area (Å²) in [7, 11) is 0. The van der Waals surface area contributed by atoms with E-state index >= 15 is 0 Å². The molecule has 1 aromatic rings. The smallest absolute Gasteiger partial charge is 0.292 e. The van der Waals surface area contributed by atoms with E-state index in [4.69, 9.17) is 0 Å². The number of benzene rings is 1. The zero-order valence-corrected chi connectivity index (χ0v) is 13.6. The van der Waals surface area contributed by atoms with Crippen LogP contribution in [0.1, 0.15) is 6.42 Å². The molecule has 0 aromatic heterocycles. The fourth-order valence-corrected chi connectivity index (χ4v) is 3.34. The second-order valence-electron chi connectivity index (χ2n) is 5.60. The van der Waals surface area contributed by atoms with Crippen molar-refractivity contribution < 1.29 is 19.3 Å². The van der Waals surface area contributed by atoms with E-state index in [1.165, 1.54) is 4.90 Å². The van der Waals surface area contributed by atoms with Gasteiger partial charge in [-0.15, -0.1) is 0 Å². The van der Waals surface area contributed by atoms with E-state index < -0.39 is 0 Å². The average molecular weight is 367 g/mol. The Kier molecular flexibility index (Phi) is 4.26. The maximum absolute atomic E-state index is 12.6. The predicted molar refractivity (Wildman–Crippen MR) is 83.4 cm³/mol. The summed E-state index contributed by atoms with van der Waals surface area (Å²) in [5.74, 6) is -0.287. The Bertz CT molecular complexity index is 597. The summed E-state index contributed by atoms with van der Waals surface area (Å²) in [6.45, 7) is 2.68. The van der Waals surface area contributed by atoms with Crippen LogP contribution in [0.4, 0.5) is 5.69 Å². The lowest BCUT2D eigenvalue weighted by atomic mass is 10.2. The first-order chi connectivity index (χ1) is 10.6. The molecule has 2 aliphatic rings. The average Bonchev–Trinajstić information content (AvgIpc) is 2.83. The number of hydrogen-bond donors (Lipinski definition) is 1. The number of rotatable bonds is 3. The summed E-state index contributed by atoms with van der Waals surface area (Å²) in [4.78, 5) is 39.7. The minimum absolute atomic E-state index is 0.137. The molecule has 22 heavy (non-hydrogen) atoms. The monoisotopic (exact) mass is 366 g/mol. The van der Waals surface area contributed by atoms with Gasteiger partial charge in [-0.25, -0.2) is 4.90 Å². The number of piperazine rings is 1. The molecule has 2 saturated heterocycles. The van der Waals surface area contributed by atoms with Crippen LogP contribution in [0.25, 0.3) is 0 Å². The third-order valence-corrected chi connectivity index (χ3v) is 4.84. The van der Waals surface area contributed by atoms with Crippen molar-refractivity contribution in [3.05, 3.63) is 28.7 Å². The molecule has 0 spiro atoms. The largest absolute Gasteiger partial charge is 0.334 e. The van der Waals surface area contributed by atoms with Gasteiger partial charge >= 0.3 is 0 Å². The highest BCUT2D eigenvalue weighted by Crippen LogP contribution is 2.23. The Hall–Kier alpha value is -1.73. The number of nitrogens with one attached hydrogen (secondary N) is 1. The van der Waals surface area contributed by atoms with E-state index in [9.17, 15) is 14.4 Å². The highest BCUT2D eigenvalue weighted by Gasteiger charge is 2.46. The fourth-order valence-electron chi connectivity index (χ4n) is 3.08. The van der Waals surface area contributed by atoms with Gasteiger partial charge < -0.3 is 9.80 Å². The molecule has 3 amide bonds. The van der Waals surface area contributed by atoms with Crippen LogP contribution in [0.3, 0.4) is 0 Å². The molecule has 6 nitrogen and oxygen atoms in total. The molecule has 7 heteroatoms. The first-order valence-electron chi connectivity index (χ1n) is 7.26. The number of halogens is 1. The van der Waals surface area contributed by atoms with Crippen molar-refractivity contribution in [2.24, 2.45) is 0 Å². The molecular weight excluding hydrogens is 350 g/mol. The molecule has 0 aliphatic carbocycles. The normalized spacial score (nSPS) is 23.2. The standard InChI is InChI=1S/C15H16BrN3O3/c16-11-1-3-12(4-2-11)19-14(21)9-13(15(19)22)18-7-5-17(10-20)6-8-18/h1-4,10,13H,5-9H2/p+1/t13-/m0/s1. The number of hydrogen-bond acceptors (Lipinski definition) is 3. The maximum Gasteiger partial charge on any atom is 0.292 e. The third-order valence-electron chi connectivity index (χ3n) is 4.31. The van der Waals surface area contributed by atoms with Crippen LogP contribution in [0.2, 0.25) is 0 Å². The summed E-state index contributed by atoms with van der Waals surface area (Å²) in [6, 6.07) is 6.84. The van der Waals surface area contributed by atoms with Crippen LogP contribution >= 0.6 is 15.9 Å². The summed E-state index contributed by atoms with van der Waals surface area (Å²) in [5, 5.41) is 0. The van der Waals surface area contributed by atoms with Crippen LogP contribution in [0.5, 0.6) is 0 Å². The number of nitrogens with zero attached hydrogens (tertiary/aromatic N) is 2. The minimum atomic E-state index is -0.329. The van der Waals surface area contributed by atoms with E-state index in [-0.39, 0.29) is 24.3 Å². The molecule has 0 unspecified atom stereocenters. The van der Waals surface area contributed by atoms with E-state index in [2.05, 4.69) is 15.9 Å². The van der Waals surface area contributed by atoms with Crippen LogP contribution in [-0.4, -0.2) is 55.3 Å². The van der Waals surface area contributed by atoms with Crippen molar-refractivity contribution in [1.29, 1.82) is 0 Å². The fraction of sp³-hybridized carbons (Fsp3) is 0.400. The van der Waals surface area contributed by atoms with Crippen LogP contribution in [-0.2, 0) is 14.4 Å². The lowest BCUT2D eigenvalue weighted by molar-refractivity contribution is -0.918. The Balaban J connectivity index is 1.74. The number of carbonyl (C=O) groups is 3. The molecule has 116 valence electrons. The molecule has 1 atom stereocenters. The van der Waals surface area contributed by atoms with Crippen molar-refractivity contribution >= 4 is 39.8 Å². The number of amides is 3. The van der Waals surface area contributed by atoms with E-state index in [1.807, 2.05) is 12.1 Å². The summed E-state index contributed by atoms with van der Waals surface area (Å²) >= 11 is 3.35. The molecule has 3 rings (SSSR count). The van der Waals surface area contributed by atoms with Gasteiger partial charge in [0, 0.05) is 4.47 Å². The Morgan fingerprint density at radius 3 is 2.36 bits per heavy atom. The van der Waals surface area contributed by atoms with Crippen molar-refractivity contribution in [3.63, 3.8) is 0 Å². The molecule has 0 radical (unpaired) electrons. The van der Waals surface area contributed by atoms with Gasteiger partial charge in [0.25, 0.3) is 5.91 Å². The molecule has 1 aromatic carbocycles. The van der Waals surface area contributed by atoms with E-state index in [1.54, 1.807) is 17.0 Å². The van der Waals surface area contributed by atoms with Crippen molar-refractivity contribution in [1.82, 2.24) is 4.90 Å². The van der Waals surface area contributed by atoms with Gasteiger partial charge in [-0.1, -0.05) is 15.9 Å². The number of anilines is 1. The van der Waals surface area contributed by atoms with Crippen molar-refractivity contribution in [2.45, 2.75) is 12.5 Å². The molecular formula is C15H17BrN3O3+. The van der Waals surface area contributed by atoms with Gasteiger partial charge in [0.1, 0.15) is 0 Å². The first kappa shape index (κ1) is 15.2. The number of carbonyl (C=O) groups excluding carboxylic acids is 3. The lowest BCUT2D eigenvalue weighted by Crippen LogP contribution is -3.19. The zero-order valence-electron chi connectivity index (χ0n) is 12.0. The van der Waals surface area contributed by atoms with Gasteiger partial charge in [0.05, 0.1) is 38.3 Å². The Morgan fingerprint density at radius 1 is 1.14 bits per heavy atom. The third kappa shape index (κ3) is 2.78. The second-order valence-corrected chi connectivity index (χ2v) is 6.52. The summed E-state index contributed by atoms with van der Waals surface area (Å²) in [6.07, 6.45) is 1.08. The highest BCUT2D eigenvalue weighted by molar-refractivity contribution is 9.10. The van der Waals surface area contributed by atoms with Gasteiger partial charge in [0.15, 0.2) is 6.04 Å². The Morgan fingerprint density at radius 2 is 1.77 bits per heavy atom. The number of quaternary nitrogens is 1. The van der Waals surface area contributed by atoms with Crippen molar-refractivity contribution in [2.75, 3.05) is 31.1 Å². The molecule has 0 saturated carbocycles. The predicted octanol–water partition coefficient (Wildman–Crippen LogP) is -0.562. The molecule has 1 N–H and O–H groups in total. The lowest BCUT2D eigenvalue weighted by Gasteiger charge is -2.32. The topological polar surface area (TPSA) is 62.1 Å². The number of imide groups is 1. The van der Waals surface area contributed by atoms with Gasteiger partial charge in [-0.05, 0) is 24.3 Å². The minimum Gasteiger partial charge on any atom is -0.334 e. The zero-order chi connectivity index (χ0) is 15.7. The quantitative estimate of drug-likeness (QED) is 0.576. The second kappa shape index (κ2) is 6.18. The maximum atomic E-state index is 12.6. The van der Waals surface area contributed by atoms with Crippen molar-refractivity contribution in [3.8, 4) is 0 Å². The SMILES string of the molecule is O=CN1CC[NH+]([C@H]2CC(=O)N(c3ccc(Br)cc3)C2=O)CC1. The van der Waals surface area contributed by atoms with Crippen LogP contribution in [0, 0.1) is 0 Å². The van der Waals surface area contributed by atoms with Crippen LogP contribution in [0.15, 0.2) is 28.7 Å². The van der Waals surface area contributed by atoms with E-state index in [0.29, 0.717) is 31.9 Å². The van der Waals surface area contributed by atoms with Gasteiger partial charge in [0.2, 0.25) is 12.3 Å². The van der Waals surface area contributed by atoms with E-state index in [0.717, 1.165) is 15.8 Å². The van der Waals surface area contributed by atoms with Crippen LogP contribution < -0.4 is 9.80 Å².